The van der Waals surface area contributed by atoms with Gasteiger partial charge in [-0.2, -0.15) is 0 Å². The number of ketones is 1. The number of halogens is 2. The van der Waals surface area contributed by atoms with E-state index in [1.165, 1.54) is 0 Å². The molecule has 0 amide bonds. The van der Waals surface area contributed by atoms with Crippen LogP contribution in [0.25, 0.3) is 0 Å². The van der Waals surface area contributed by atoms with Crippen LogP contribution in [-0.2, 0) is 6.42 Å². The minimum Gasteiger partial charge on any atom is -0.293 e. The van der Waals surface area contributed by atoms with Crippen molar-refractivity contribution in [3.8, 4) is 0 Å². The molecule has 0 saturated heterocycles. The van der Waals surface area contributed by atoms with Crippen molar-refractivity contribution in [1.29, 1.82) is 0 Å². The number of hydrogen-bond acceptors (Lipinski definition) is 1. The van der Waals surface area contributed by atoms with E-state index < -0.39 is 5.38 Å². The van der Waals surface area contributed by atoms with Gasteiger partial charge in [0.15, 0.2) is 5.78 Å². The van der Waals surface area contributed by atoms with Gasteiger partial charge >= 0.3 is 0 Å². The first-order valence-electron chi connectivity index (χ1n) is 4.53. The van der Waals surface area contributed by atoms with E-state index >= 15 is 0 Å². The number of rotatable bonds is 3. The summed E-state index contributed by atoms with van der Waals surface area (Å²) in [7, 11) is 0. The molecule has 0 radical (unpaired) electrons. The predicted octanol–water partition coefficient (Wildman–Crippen LogP) is 3.71. The number of alkyl halides is 1. The van der Waals surface area contributed by atoms with Gasteiger partial charge in [0, 0.05) is 10.6 Å². The summed E-state index contributed by atoms with van der Waals surface area (Å²) in [4.78, 5) is 11.5. The summed E-state index contributed by atoms with van der Waals surface area (Å²) in [6, 6.07) is 5.26. The number of benzene rings is 1. The molecule has 1 nitrogen and oxygen atoms in total. The van der Waals surface area contributed by atoms with Gasteiger partial charge < -0.3 is 0 Å². The summed E-state index contributed by atoms with van der Waals surface area (Å²) >= 11 is 11.7. The molecule has 0 saturated carbocycles. The Labute approximate surface area is 94.0 Å². The van der Waals surface area contributed by atoms with Gasteiger partial charge in [-0.15, -0.1) is 11.6 Å². The lowest BCUT2D eigenvalue weighted by Gasteiger charge is -2.06. The minimum absolute atomic E-state index is 0.0574. The molecule has 1 aromatic carbocycles. The molecule has 0 aliphatic heterocycles. The maximum atomic E-state index is 11.5. The SMILES string of the molecule is CCc1cc(C(=O)C(C)Cl)ccc1Cl. The van der Waals surface area contributed by atoms with Crippen molar-refractivity contribution in [2.45, 2.75) is 25.6 Å². The molecule has 1 aromatic rings. The fraction of sp³-hybridized carbons (Fsp3) is 0.364. The maximum Gasteiger partial charge on any atom is 0.180 e. The first kappa shape index (κ1) is 11.5. The molecule has 76 valence electrons. The zero-order valence-corrected chi connectivity index (χ0v) is 9.69. The van der Waals surface area contributed by atoms with Crippen molar-refractivity contribution in [2.24, 2.45) is 0 Å². The Hall–Kier alpha value is -0.530. The third-order valence-corrected chi connectivity index (χ3v) is 2.64. The molecule has 0 N–H and O–H groups in total. The Morgan fingerprint density at radius 1 is 1.50 bits per heavy atom. The van der Waals surface area contributed by atoms with E-state index in [0.717, 1.165) is 12.0 Å². The van der Waals surface area contributed by atoms with Crippen LogP contribution in [0.3, 0.4) is 0 Å². The largest absolute Gasteiger partial charge is 0.293 e. The van der Waals surface area contributed by atoms with Gasteiger partial charge in [0.25, 0.3) is 0 Å². The molecular weight excluding hydrogens is 219 g/mol. The quantitative estimate of drug-likeness (QED) is 0.572. The first-order chi connectivity index (χ1) is 6.56. The number of hydrogen-bond donors (Lipinski definition) is 0. The van der Waals surface area contributed by atoms with Gasteiger partial charge in [-0.3, -0.25) is 4.79 Å². The average Bonchev–Trinajstić information content (AvgIpc) is 2.17. The number of aryl methyl sites for hydroxylation is 1. The molecule has 0 fully saturated rings. The molecule has 0 spiro atoms. The van der Waals surface area contributed by atoms with E-state index in [9.17, 15) is 4.79 Å². The Kier molecular flexibility index (Phi) is 3.97. The zero-order chi connectivity index (χ0) is 10.7. The molecule has 0 heterocycles. The summed E-state index contributed by atoms with van der Waals surface area (Å²) < 4.78 is 0. The van der Waals surface area contributed by atoms with E-state index in [-0.39, 0.29) is 5.78 Å². The topological polar surface area (TPSA) is 17.1 Å². The van der Waals surface area contributed by atoms with Gasteiger partial charge in [-0.1, -0.05) is 18.5 Å². The van der Waals surface area contributed by atoms with Gasteiger partial charge in [-0.25, -0.2) is 0 Å². The Morgan fingerprint density at radius 3 is 2.64 bits per heavy atom. The van der Waals surface area contributed by atoms with Gasteiger partial charge in [0.1, 0.15) is 0 Å². The Morgan fingerprint density at radius 2 is 2.14 bits per heavy atom. The molecule has 14 heavy (non-hydrogen) atoms. The van der Waals surface area contributed by atoms with Crippen molar-refractivity contribution in [1.82, 2.24) is 0 Å². The van der Waals surface area contributed by atoms with Crippen LogP contribution in [0.15, 0.2) is 18.2 Å². The van der Waals surface area contributed by atoms with Crippen LogP contribution in [0.1, 0.15) is 29.8 Å². The van der Waals surface area contributed by atoms with Crippen molar-refractivity contribution < 1.29 is 4.79 Å². The normalized spacial score (nSPS) is 12.6. The lowest BCUT2D eigenvalue weighted by Crippen LogP contribution is -2.10. The molecular formula is C11H12Cl2O. The van der Waals surface area contributed by atoms with Crippen LogP contribution in [0, 0.1) is 0 Å². The lowest BCUT2D eigenvalue weighted by molar-refractivity contribution is 0.0991. The van der Waals surface area contributed by atoms with E-state index in [4.69, 9.17) is 23.2 Å². The highest BCUT2D eigenvalue weighted by Crippen LogP contribution is 2.19. The van der Waals surface area contributed by atoms with Gasteiger partial charge in [-0.05, 0) is 37.1 Å². The summed E-state index contributed by atoms with van der Waals surface area (Å²) in [5.41, 5.74) is 1.61. The van der Waals surface area contributed by atoms with Crippen molar-refractivity contribution >= 4 is 29.0 Å². The third-order valence-electron chi connectivity index (χ3n) is 2.07. The minimum atomic E-state index is -0.485. The standard InChI is InChI=1S/C11H12Cl2O/c1-3-8-6-9(4-5-10(8)13)11(14)7(2)12/h4-7H,3H2,1-2H3. The highest BCUT2D eigenvalue weighted by molar-refractivity contribution is 6.34. The molecule has 0 aliphatic carbocycles. The van der Waals surface area contributed by atoms with Crippen LogP contribution in [0.4, 0.5) is 0 Å². The van der Waals surface area contributed by atoms with Gasteiger partial charge in [0.2, 0.25) is 0 Å². The highest BCUT2D eigenvalue weighted by Gasteiger charge is 2.13. The second kappa shape index (κ2) is 4.81. The smallest absolute Gasteiger partial charge is 0.180 e. The number of carbonyl (C=O) groups excluding carboxylic acids is 1. The first-order valence-corrected chi connectivity index (χ1v) is 5.34. The molecule has 1 atom stereocenters. The summed E-state index contributed by atoms with van der Waals surface area (Å²) in [5.74, 6) is -0.0574. The van der Waals surface area contributed by atoms with E-state index in [0.29, 0.717) is 10.6 Å². The van der Waals surface area contributed by atoms with Gasteiger partial charge in [0.05, 0.1) is 5.38 Å². The highest BCUT2D eigenvalue weighted by atomic mass is 35.5. The van der Waals surface area contributed by atoms with Crippen molar-refractivity contribution in [3.63, 3.8) is 0 Å². The number of carbonyl (C=O) groups is 1. The maximum absolute atomic E-state index is 11.5. The number of Topliss-reactive ketones (excluding diaryl/α,β-unsaturated/α-hetero) is 1. The summed E-state index contributed by atoms with van der Waals surface area (Å²) in [5, 5.41) is 0.215. The molecule has 1 unspecified atom stereocenters. The molecule has 0 bridgehead atoms. The molecule has 3 heteroatoms. The molecule has 0 aromatic heterocycles. The van der Waals surface area contributed by atoms with Crippen LogP contribution in [-0.4, -0.2) is 11.2 Å². The second-order valence-electron chi connectivity index (χ2n) is 3.14. The van der Waals surface area contributed by atoms with Crippen LogP contribution >= 0.6 is 23.2 Å². The van der Waals surface area contributed by atoms with E-state index in [1.807, 2.05) is 13.0 Å². The Bertz CT molecular complexity index is 345. The molecule has 0 aliphatic rings. The molecule has 1 rings (SSSR count). The zero-order valence-electron chi connectivity index (χ0n) is 8.18. The lowest BCUT2D eigenvalue weighted by atomic mass is 10.0. The van der Waals surface area contributed by atoms with Crippen LogP contribution in [0.2, 0.25) is 5.02 Å². The monoisotopic (exact) mass is 230 g/mol. The second-order valence-corrected chi connectivity index (χ2v) is 4.20. The predicted molar refractivity (Wildman–Crippen MR) is 60.5 cm³/mol. The fourth-order valence-electron chi connectivity index (χ4n) is 1.23. The summed E-state index contributed by atoms with van der Waals surface area (Å²) in [6.45, 7) is 3.67. The summed E-state index contributed by atoms with van der Waals surface area (Å²) in [6.07, 6.45) is 0.816. The fourth-order valence-corrected chi connectivity index (χ4v) is 1.61. The van der Waals surface area contributed by atoms with Crippen LogP contribution in [0.5, 0.6) is 0 Å². The van der Waals surface area contributed by atoms with Crippen LogP contribution < -0.4 is 0 Å². The van der Waals surface area contributed by atoms with E-state index in [2.05, 4.69) is 0 Å². The average molecular weight is 231 g/mol. The van der Waals surface area contributed by atoms with Crippen molar-refractivity contribution in [2.75, 3.05) is 0 Å². The van der Waals surface area contributed by atoms with E-state index in [1.54, 1.807) is 19.1 Å². The van der Waals surface area contributed by atoms with Crippen molar-refractivity contribution in [3.05, 3.63) is 34.3 Å². The Balaban J connectivity index is 3.06. The third kappa shape index (κ3) is 2.49.